The molecule has 0 unspecified atom stereocenters. The maximum atomic E-state index is 13.3. The molecule has 1 aromatic rings. The van der Waals surface area contributed by atoms with Gasteiger partial charge in [-0.25, -0.2) is 9.18 Å². The Kier molecular flexibility index (Phi) is 5.95. The van der Waals surface area contributed by atoms with Gasteiger partial charge in [0.05, 0.1) is 0 Å². The van der Waals surface area contributed by atoms with Gasteiger partial charge in [-0.1, -0.05) is 12.1 Å². The van der Waals surface area contributed by atoms with Gasteiger partial charge in [0.25, 0.3) is 0 Å². The molecule has 0 saturated heterocycles. The molecule has 1 rings (SSSR count). The van der Waals surface area contributed by atoms with Gasteiger partial charge >= 0.3 is 6.09 Å². The van der Waals surface area contributed by atoms with E-state index in [1.165, 1.54) is 6.07 Å². The second-order valence-corrected chi connectivity index (χ2v) is 5.63. The molecule has 5 heteroatoms. The van der Waals surface area contributed by atoms with Gasteiger partial charge in [0, 0.05) is 19.6 Å². The first-order chi connectivity index (χ1) is 9.29. The van der Waals surface area contributed by atoms with E-state index < -0.39 is 11.7 Å². The first-order valence-electron chi connectivity index (χ1n) is 6.71. The van der Waals surface area contributed by atoms with Crippen molar-refractivity contribution >= 4 is 6.09 Å². The van der Waals surface area contributed by atoms with E-state index in [1.54, 1.807) is 13.0 Å². The number of rotatable bonds is 5. The van der Waals surface area contributed by atoms with Crippen molar-refractivity contribution in [3.63, 3.8) is 0 Å². The highest BCUT2D eigenvalue weighted by atomic mass is 19.1. The standard InChI is InChI=1S/C15H23FN2O2/c1-11-12(6-5-7-13(11)16)10-17-8-9-18-14(19)20-15(2,3)4/h5-7,17H,8-10H2,1-4H3,(H,18,19). The highest BCUT2D eigenvalue weighted by Crippen LogP contribution is 2.11. The number of hydrogen-bond donors (Lipinski definition) is 2. The van der Waals surface area contributed by atoms with Crippen LogP contribution >= 0.6 is 0 Å². The van der Waals surface area contributed by atoms with E-state index in [1.807, 2.05) is 26.8 Å². The summed E-state index contributed by atoms with van der Waals surface area (Å²) < 4.78 is 18.4. The lowest BCUT2D eigenvalue weighted by atomic mass is 10.1. The summed E-state index contributed by atoms with van der Waals surface area (Å²) in [6.45, 7) is 8.83. The van der Waals surface area contributed by atoms with Crippen LogP contribution in [0.1, 0.15) is 31.9 Å². The zero-order valence-electron chi connectivity index (χ0n) is 12.5. The lowest BCUT2D eigenvalue weighted by Crippen LogP contribution is -2.36. The average molecular weight is 282 g/mol. The molecule has 0 atom stereocenters. The molecule has 0 aliphatic rings. The van der Waals surface area contributed by atoms with Gasteiger partial charge in [-0.2, -0.15) is 0 Å². The third kappa shape index (κ3) is 6.02. The Morgan fingerprint density at radius 1 is 1.30 bits per heavy atom. The van der Waals surface area contributed by atoms with E-state index in [2.05, 4.69) is 10.6 Å². The second kappa shape index (κ2) is 7.24. The van der Waals surface area contributed by atoms with Crippen molar-refractivity contribution in [1.82, 2.24) is 10.6 Å². The predicted molar refractivity (Wildman–Crippen MR) is 77.1 cm³/mol. The Morgan fingerprint density at radius 3 is 2.65 bits per heavy atom. The number of nitrogens with one attached hydrogen (secondary N) is 2. The van der Waals surface area contributed by atoms with Crippen LogP contribution in [0.15, 0.2) is 18.2 Å². The van der Waals surface area contributed by atoms with Crippen LogP contribution in [0.5, 0.6) is 0 Å². The molecule has 2 N–H and O–H groups in total. The number of alkyl carbamates (subject to hydrolysis) is 1. The average Bonchev–Trinajstić information content (AvgIpc) is 2.31. The Labute approximate surface area is 119 Å². The molecule has 0 bridgehead atoms. The van der Waals surface area contributed by atoms with Crippen LogP contribution < -0.4 is 10.6 Å². The topological polar surface area (TPSA) is 50.4 Å². The number of amides is 1. The Bertz CT molecular complexity index is 456. The fourth-order valence-electron chi connectivity index (χ4n) is 1.63. The van der Waals surface area contributed by atoms with Crippen molar-refractivity contribution in [3.05, 3.63) is 35.1 Å². The Balaban J connectivity index is 2.23. The molecule has 0 saturated carbocycles. The molecule has 4 nitrogen and oxygen atoms in total. The van der Waals surface area contributed by atoms with Crippen molar-refractivity contribution < 1.29 is 13.9 Å². The van der Waals surface area contributed by atoms with E-state index in [0.29, 0.717) is 25.2 Å². The van der Waals surface area contributed by atoms with Gasteiger partial charge in [-0.15, -0.1) is 0 Å². The van der Waals surface area contributed by atoms with Gasteiger partial charge in [0.2, 0.25) is 0 Å². The van der Waals surface area contributed by atoms with Crippen LogP contribution in [-0.2, 0) is 11.3 Å². The molecule has 0 aliphatic carbocycles. The van der Waals surface area contributed by atoms with Gasteiger partial charge < -0.3 is 15.4 Å². The van der Waals surface area contributed by atoms with E-state index >= 15 is 0 Å². The van der Waals surface area contributed by atoms with E-state index in [4.69, 9.17) is 4.74 Å². The third-order valence-corrected chi connectivity index (χ3v) is 2.67. The predicted octanol–water partition coefficient (Wildman–Crippen LogP) is 2.75. The first-order valence-corrected chi connectivity index (χ1v) is 6.71. The fourth-order valence-corrected chi connectivity index (χ4v) is 1.63. The minimum atomic E-state index is -0.490. The molecule has 0 aliphatic heterocycles. The van der Waals surface area contributed by atoms with Crippen LogP contribution in [0.3, 0.4) is 0 Å². The molecule has 1 aromatic carbocycles. The number of hydrogen-bond acceptors (Lipinski definition) is 3. The lowest BCUT2D eigenvalue weighted by Gasteiger charge is -2.19. The summed E-state index contributed by atoms with van der Waals surface area (Å²) >= 11 is 0. The highest BCUT2D eigenvalue weighted by Gasteiger charge is 2.15. The number of benzene rings is 1. The van der Waals surface area contributed by atoms with Crippen LogP contribution in [0.25, 0.3) is 0 Å². The quantitative estimate of drug-likeness (QED) is 0.816. The van der Waals surface area contributed by atoms with Gasteiger partial charge in [0.15, 0.2) is 0 Å². The molecule has 0 aromatic heterocycles. The molecule has 0 heterocycles. The monoisotopic (exact) mass is 282 g/mol. The third-order valence-electron chi connectivity index (χ3n) is 2.67. The number of carbonyl (C=O) groups excluding carboxylic acids is 1. The summed E-state index contributed by atoms with van der Waals surface area (Å²) in [7, 11) is 0. The number of ether oxygens (including phenoxy) is 1. The first kappa shape index (κ1) is 16.4. The maximum Gasteiger partial charge on any atom is 0.407 e. The summed E-state index contributed by atoms with van der Waals surface area (Å²) in [6, 6.07) is 5.02. The number of halogens is 1. The minimum Gasteiger partial charge on any atom is -0.444 e. The van der Waals surface area contributed by atoms with Gasteiger partial charge in [0.1, 0.15) is 11.4 Å². The van der Waals surface area contributed by atoms with E-state index in [9.17, 15) is 9.18 Å². The van der Waals surface area contributed by atoms with Crippen LogP contribution in [0.2, 0.25) is 0 Å². The molecular weight excluding hydrogens is 259 g/mol. The molecular formula is C15H23FN2O2. The van der Waals surface area contributed by atoms with E-state index in [0.717, 1.165) is 5.56 Å². The normalized spacial score (nSPS) is 11.2. The largest absolute Gasteiger partial charge is 0.444 e. The highest BCUT2D eigenvalue weighted by molar-refractivity contribution is 5.67. The van der Waals surface area contributed by atoms with Crippen LogP contribution in [-0.4, -0.2) is 24.8 Å². The molecule has 20 heavy (non-hydrogen) atoms. The molecule has 0 spiro atoms. The van der Waals surface area contributed by atoms with Crippen molar-refractivity contribution in [2.45, 2.75) is 39.8 Å². The van der Waals surface area contributed by atoms with Crippen molar-refractivity contribution in [3.8, 4) is 0 Å². The molecule has 0 fully saturated rings. The van der Waals surface area contributed by atoms with Crippen LogP contribution in [0.4, 0.5) is 9.18 Å². The zero-order valence-corrected chi connectivity index (χ0v) is 12.5. The van der Waals surface area contributed by atoms with Crippen molar-refractivity contribution in [1.29, 1.82) is 0 Å². The summed E-state index contributed by atoms with van der Waals surface area (Å²) in [4.78, 5) is 11.4. The molecule has 0 radical (unpaired) electrons. The summed E-state index contributed by atoms with van der Waals surface area (Å²) in [6.07, 6.45) is -0.429. The maximum absolute atomic E-state index is 13.3. The minimum absolute atomic E-state index is 0.198. The molecule has 112 valence electrons. The van der Waals surface area contributed by atoms with Crippen LogP contribution in [0, 0.1) is 12.7 Å². The van der Waals surface area contributed by atoms with Crippen molar-refractivity contribution in [2.24, 2.45) is 0 Å². The number of carbonyl (C=O) groups is 1. The second-order valence-electron chi connectivity index (χ2n) is 5.63. The summed E-state index contributed by atoms with van der Waals surface area (Å²) in [5.74, 6) is -0.198. The lowest BCUT2D eigenvalue weighted by molar-refractivity contribution is 0.0528. The Morgan fingerprint density at radius 2 is 2.00 bits per heavy atom. The zero-order chi connectivity index (χ0) is 15.2. The molecule has 1 amide bonds. The smallest absolute Gasteiger partial charge is 0.407 e. The van der Waals surface area contributed by atoms with Crippen molar-refractivity contribution in [2.75, 3.05) is 13.1 Å². The SMILES string of the molecule is Cc1c(F)cccc1CNCCNC(=O)OC(C)(C)C. The summed E-state index contributed by atoms with van der Waals surface area (Å²) in [5, 5.41) is 5.80. The van der Waals surface area contributed by atoms with Gasteiger partial charge in [-0.05, 0) is 44.9 Å². The van der Waals surface area contributed by atoms with E-state index in [-0.39, 0.29) is 5.82 Å². The van der Waals surface area contributed by atoms with Gasteiger partial charge in [-0.3, -0.25) is 0 Å². The fraction of sp³-hybridized carbons (Fsp3) is 0.533. The Hall–Kier alpha value is -1.62. The summed E-state index contributed by atoms with van der Waals surface area (Å²) in [5.41, 5.74) is 1.08.